The molecule has 6 nitrogen and oxygen atoms in total. The Kier molecular flexibility index (Phi) is 3.23. The number of hydrogen-bond acceptors (Lipinski definition) is 5. The van der Waals surface area contributed by atoms with Crippen LogP contribution in [-0.4, -0.2) is 25.1 Å². The van der Waals surface area contributed by atoms with Crippen molar-refractivity contribution >= 4 is 23.4 Å². The lowest BCUT2D eigenvalue weighted by atomic mass is 10.2. The van der Waals surface area contributed by atoms with E-state index in [1.165, 1.54) is 6.33 Å². The normalized spacial score (nSPS) is 13.1. The number of aromatic nitrogens is 5. The summed E-state index contributed by atoms with van der Waals surface area (Å²) in [5.74, 6) is 2.07. The molecule has 1 aliphatic carbocycles. The minimum Gasteiger partial charge on any atom is -0.309 e. The van der Waals surface area contributed by atoms with Crippen LogP contribution in [0.2, 0.25) is 5.02 Å². The van der Waals surface area contributed by atoms with Crippen LogP contribution in [0.15, 0.2) is 30.6 Å². The molecule has 0 fully saturated rings. The van der Waals surface area contributed by atoms with Crippen LogP contribution in [0, 0.1) is 0 Å². The molecule has 110 valence electrons. The van der Waals surface area contributed by atoms with Gasteiger partial charge in [-0.1, -0.05) is 11.6 Å². The third-order valence-corrected chi connectivity index (χ3v) is 3.94. The van der Waals surface area contributed by atoms with Gasteiger partial charge >= 0.3 is 0 Å². The van der Waals surface area contributed by atoms with Crippen molar-refractivity contribution in [2.24, 2.45) is 0 Å². The summed E-state index contributed by atoms with van der Waals surface area (Å²) in [6.07, 6.45) is 4.51. The summed E-state index contributed by atoms with van der Waals surface area (Å²) in [5.41, 5.74) is 3.20. The Labute approximate surface area is 132 Å². The maximum absolute atomic E-state index is 5.95. The lowest BCUT2D eigenvalue weighted by molar-refractivity contribution is 0.900. The number of fused-ring (bicyclic) bond motifs is 1. The molecule has 0 radical (unpaired) electrons. The lowest BCUT2D eigenvalue weighted by Crippen LogP contribution is -2.04. The maximum atomic E-state index is 5.95. The monoisotopic (exact) mass is 312 g/mol. The number of benzene rings is 1. The Morgan fingerprint density at radius 2 is 1.95 bits per heavy atom. The Morgan fingerprint density at radius 1 is 1.09 bits per heavy atom. The summed E-state index contributed by atoms with van der Waals surface area (Å²) in [5, 5.41) is 10.5. The highest BCUT2D eigenvalue weighted by atomic mass is 35.5. The number of aryl methyl sites for hydroxylation is 1. The number of nitrogens with zero attached hydrogens (tertiary/aromatic N) is 4. The molecule has 7 heteroatoms. The van der Waals surface area contributed by atoms with Gasteiger partial charge in [-0.2, -0.15) is 10.1 Å². The van der Waals surface area contributed by atoms with Gasteiger partial charge in [0.05, 0.1) is 0 Å². The standard InChI is InChI=1S/C15H13ClN6/c16-10-6-4-9(5-7-10)13-19-12-3-1-2-11(12)14(20-13)21-15-17-8-18-22-15/h4-8H,1-3H2,(H2,17,18,19,20,21,22). The molecule has 0 aliphatic heterocycles. The molecular formula is C15H13ClN6. The van der Waals surface area contributed by atoms with Crippen LogP contribution in [0.4, 0.5) is 11.8 Å². The van der Waals surface area contributed by atoms with Crippen molar-refractivity contribution in [3.63, 3.8) is 0 Å². The summed E-state index contributed by atoms with van der Waals surface area (Å²) in [4.78, 5) is 13.5. The zero-order valence-corrected chi connectivity index (χ0v) is 12.4. The van der Waals surface area contributed by atoms with E-state index in [1.807, 2.05) is 24.3 Å². The van der Waals surface area contributed by atoms with E-state index < -0.39 is 0 Å². The molecule has 0 saturated heterocycles. The van der Waals surface area contributed by atoms with Gasteiger partial charge in [0.2, 0.25) is 5.95 Å². The van der Waals surface area contributed by atoms with Gasteiger partial charge in [-0.3, -0.25) is 0 Å². The van der Waals surface area contributed by atoms with Crippen molar-refractivity contribution in [3.8, 4) is 11.4 Å². The summed E-state index contributed by atoms with van der Waals surface area (Å²) >= 11 is 5.95. The van der Waals surface area contributed by atoms with Crippen LogP contribution in [0.5, 0.6) is 0 Å². The highest BCUT2D eigenvalue weighted by molar-refractivity contribution is 6.30. The van der Waals surface area contributed by atoms with Crippen molar-refractivity contribution in [1.29, 1.82) is 0 Å². The zero-order valence-electron chi connectivity index (χ0n) is 11.7. The average Bonchev–Trinajstić information content (AvgIpc) is 3.19. The van der Waals surface area contributed by atoms with Gasteiger partial charge in [-0.25, -0.2) is 15.1 Å². The fourth-order valence-corrected chi connectivity index (χ4v) is 2.77. The van der Waals surface area contributed by atoms with E-state index in [2.05, 4.69) is 25.5 Å². The highest BCUT2D eigenvalue weighted by Crippen LogP contribution is 2.30. The first kappa shape index (κ1) is 13.2. The van der Waals surface area contributed by atoms with E-state index in [0.29, 0.717) is 16.8 Å². The van der Waals surface area contributed by atoms with Gasteiger partial charge in [0.1, 0.15) is 12.1 Å². The second kappa shape index (κ2) is 5.38. The molecule has 2 aromatic heterocycles. The Balaban J connectivity index is 1.78. The Bertz CT molecular complexity index is 798. The van der Waals surface area contributed by atoms with Crippen molar-refractivity contribution in [3.05, 3.63) is 46.9 Å². The van der Waals surface area contributed by atoms with Crippen molar-refractivity contribution < 1.29 is 0 Å². The van der Waals surface area contributed by atoms with Crippen LogP contribution in [0.25, 0.3) is 11.4 Å². The maximum Gasteiger partial charge on any atom is 0.224 e. The number of halogens is 1. The van der Waals surface area contributed by atoms with Gasteiger partial charge in [-0.05, 0) is 43.5 Å². The SMILES string of the molecule is Clc1ccc(-c2nc3c(c(Nc4ncn[nH]4)n2)CCC3)cc1. The summed E-state index contributed by atoms with van der Waals surface area (Å²) < 4.78 is 0. The van der Waals surface area contributed by atoms with Crippen LogP contribution in [0.1, 0.15) is 17.7 Å². The molecule has 0 spiro atoms. The highest BCUT2D eigenvalue weighted by Gasteiger charge is 2.20. The first-order chi connectivity index (χ1) is 10.8. The van der Waals surface area contributed by atoms with Gasteiger partial charge < -0.3 is 5.32 Å². The molecule has 1 aliphatic rings. The number of H-pyrrole nitrogens is 1. The van der Waals surface area contributed by atoms with Gasteiger partial charge in [0.25, 0.3) is 0 Å². The van der Waals surface area contributed by atoms with E-state index in [9.17, 15) is 0 Å². The topological polar surface area (TPSA) is 79.4 Å². The molecule has 1 aromatic carbocycles. The molecule has 2 heterocycles. The fraction of sp³-hybridized carbons (Fsp3) is 0.200. The van der Waals surface area contributed by atoms with Gasteiger partial charge in [0, 0.05) is 21.8 Å². The van der Waals surface area contributed by atoms with Crippen LogP contribution in [-0.2, 0) is 12.8 Å². The first-order valence-electron chi connectivity index (χ1n) is 7.08. The van der Waals surface area contributed by atoms with Gasteiger partial charge in [0.15, 0.2) is 5.82 Å². The second-order valence-electron chi connectivity index (χ2n) is 5.14. The van der Waals surface area contributed by atoms with E-state index >= 15 is 0 Å². The molecule has 0 bridgehead atoms. The van der Waals surface area contributed by atoms with Crippen LogP contribution in [0.3, 0.4) is 0 Å². The number of hydrogen-bond donors (Lipinski definition) is 2. The predicted molar refractivity (Wildman–Crippen MR) is 84.2 cm³/mol. The summed E-state index contributed by atoms with van der Waals surface area (Å²) in [6, 6.07) is 7.54. The smallest absolute Gasteiger partial charge is 0.224 e. The van der Waals surface area contributed by atoms with Gasteiger partial charge in [-0.15, -0.1) is 0 Å². The van der Waals surface area contributed by atoms with Crippen molar-refractivity contribution in [2.45, 2.75) is 19.3 Å². The minimum absolute atomic E-state index is 0.579. The molecule has 0 atom stereocenters. The molecule has 0 saturated carbocycles. The molecule has 3 aromatic rings. The van der Waals surface area contributed by atoms with Crippen molar-refractivity contribution in [1.82, 2.24) is 25.1 Å². The summed E-state index contributed by atoms with van der Waals surface area (Å²) in [7, 11) is 0. The lowest BCUT2D eigenvalue weighted by Gasteiger charge is -2.10. The van der Waals surface area contributed by atoms with E-state index in [4.69, 9.17) is 16.6 Å². The molecule has 4 rings (SSSR count). The largest absolute Gasteiger partial charge is 0.309 e. The number of anilines is 2. The van der Waals surface area contributed by atoms with Crippen LogP contribution >= 0.6 is 11.6 Å². The summed E-state index contributed by atoms with van der Waals surface area (Å²) in [6.45, 7) is 0. The average molecular weight is 313 g/mol. The molecule has 2 N–H and O–H groups in total. The molecular weight excluding hydrogens is 300 g/mol. The Morgan fingerprint density at radius 3 is 2.73 bits per heavy atom. The predicted octanol–water partition coefficient (Wildman–Crippen LogP) is 3.15. The van der Waals surface area contributed by atoms with Crippen molar-refractivity contribution in [2.75, 3.05) is 5.32 Å². The molecule has 0 unspecified atom stereocenters. The third kappa shape index (κ3) is 2.42. The second-order valence-corrected chi connectivity index (χ2v) is 5.58. The molecule has 0 amide bonds. The fourth-order valence-electron chi connectivity index (χ4n) is 2.64. The molecule has 22 heavy (non-hydrogen) atoms. The zero-order chi connectivity index (χ0) is 14.9. The van der Waals surface area contributed by atoms with E-state index in [0.717, 1.165) is 41.9 Å². The Hall–Kier alpha value is -2.47. The third-order valence-electron chi connectivity index (χ3n) is 3.69. The van der Waals surface area contributed by atoms with E-state index in [-0.39, 0.29) is 0 Å². The number of aromatic amines is 1. The number of rotatable bonds is 3. The minimum atomic E-state index is 0.579. The first-order valence-corrected chi connectivity index (χ1v) is 7.45. The van der Waals surface area contributed by atoms with E-state index in [1.54, 1.807) is 0 Å². The quantitative estimate of drug-likeness (QED) is 0.776. The van der Waals surface area contributed by atoms with Crippen LogP contribution < -0.4 is 5.32 Å². The number of nitrogens with one attached hydrogen (secondary N) is 2.